The molecule has 0 bridgehead atoms. The molecular formula is C25H22F3N5O3S. The zero-order chi connectivity index (χ0) is 26.6. The molecule has 2 heterocycles. The van der Waals surface area contributed by atoms with E-state index in [9.17, 15) is 27.9 Å². The molecule has 37 heavy (non-hydrogen) atoms. The summed E-state index contributed by atoms with van der Waals surface area (Å²) in [5.41, 5.74) is -2.71. The molecule has 0 aliphatic rings. The Morgan fingerprint density at radius 2 is 1.78 bits per heavy atom. The molecule has 2 aromatic carbocycles. The highest BCUT2D eigenvalue weighted by atomic mass is 32.2. The number of pyridine rings is 1. The number of hydrogen-bond acceptors (Lipinski definition) is 5. The first-order chi connectivity index (χ1) is 17.6. The van der Waals surface area contributed by atoms with Crippen LogP contribution in [0, 0.1) is 6.92 Å². The fourth-order valence-corrected chi connectivity index (χ4v) is 4.18. The standard InChI is InChI=1S/C25H22F3N5O3S/c1-16-22(34)33(19-7-9-20(10-8-19)37-25(26,27)28)24(36)32(16)15-18-11-12-29-14-21(18)31-23(35)30-13-17-5-3-2-4-6-17/h2-12,14,34H,13,15H2,1H3,(H2,30,31,35). The molecule has 0 radical (unpaired) electrons. The smallest absolute Gasteiger partial charge is 0.446 e. The third-order valence-corrected chi connectivity index (χ3v) is 6.21. The van der Waals surface area contributed by atoms with E-state index in [0.29, 0.717) is 17.8 Å². The molecule has 0 saturated heterocycles. The predicted molar refractivity (Wildman–Crippen MR) is 134 cm³/mol. The van der Waals surface area contributed by atoms with Crippen LogP contribution in [0.3, 0.4) is 0 Å². The summed E-state index contributed by atoms with van der Waals surface area (Å²) in [6.45, 7) is 1.86. The summed E-state index contributed by atoms with van der Waals surface area (Å²) < 4.78 is 40.2. The number of anilines is 1. The summed E-state index contributed by atoms with van der Waals surface area (Å²) in [7, 11) is 0. The monoisotopic (exact) mass is 529 g/mol. The number of alkyl halides is 3. The number of amides is 2. The lowest BCUT2D eigenvalue weighted by atomic mass is 10.2. The first kappa shape index (κ1) is 25.9. The molecule has 12 heteroatoms. The third kappa shape index (κ3) is 6.33. The molecule has 2 amide bonds. The van der Waals surface area contributed by atoms with Gasteiger partial charge in [-0.3, -0.25) is 9.55 Å². The maximum absolute atomic E-state index is 13.2. The number of nitrogens with zero attached hydrogens (tertiary/aromatic N) is 3. The molecule has 0 aliphatic heterocycles. The number of aromatic hydroxyl groups is 1. The van der Waals surface area contributed by atoms with Gasteiger partial charge in [0.1, 0.15) is 0 Å². The van der Waals surface area contributed by atoms with Crippen molar-refractivity contribution in [2.24, 2.45) is 0 Å². The number of halogens is 3. The molecule has 0 saturated carbocycles. The number of urea groups is 1. The van der Waals surface area contributed by atoms with Crippen LogP contribution in [0.4, 0.5) is 23.7 Å². The lowest BCUT2D eigenvalue weighted by Crippen LogP contribution is -2.29. The van der Waals surface area contributed by atoms with Gasteiger partial charge < -0.3 is 15.7 Å². The minimum absolute atomic E-state index is 0.00402. The number of carbonyl (C=O) groups is 1. The van der Waals surface area contributed by atoms with Crippen molar-refractivity contribution in [3.63, 3.8) is 0 Å². The fraction of sp³-hybridized carbons (Fsp3) is 0.160. The SMILES string of the molecule is Cc1c(O)n(-c2ccc(SC(F)(F)F)cc2)c(=O)n1Cc1ccncc1NC(=O)NCc1ccccc1. The Bertz CT molecular complexity index is 1450. The third-order valence-electron chi connectivity index (χ3n) is 5.47. The quantitative estimate of drug-likeness (QED) is 0.292. The van der Waals surface area contributed by atoms with Gasteiger partial charge in [-0.15, -0.1) is 0 Å². The average molecular weight is 530 g/mol. The van der Waals surface area contributed by atoms with Gasteiger partial charge in [-0.1, -0.05) is 30.3 Å². The maximum atomic E-state index is 13.2. The van der Waals surface area contributed by atoms with Crippen molar-refractivity contribution < 1.29 is 23.1 Å². The Hall–Kier alpha value is -4.19. The number of imidazole rings is 1. The van der Waals surface area contributed by atoms with Gasteiger partial charge in [0.15, 0.2) is 0 Å². The van der Waals surface area contributed by atoms with Crippen LogP contribution in [0.2, 0.25) is 0 Å². The van der Waals surface area contributed by atoms with Crippen molar-refractivity contribution in [3.8, 4) is 11.6 Å². The predicted octanol–water partition coefficient (Wildman–Crippen LogP) is 5.03. The van der Waals surface area contributed by atoms with Crippen molar-refractivity contribution in [1.82, 2.24) is 19.4 Å². The Balaban J connectivity index is 1.54. The van der Waals surface area contributed by atoms with Crippen molar-refractivity contribution in [2.45, 2.75) is 30.4 Å². The summed E-state index contributed by atoms with van der Waals surface area (Å²) in [5, 5.41) is 16.1. The Labute approximate surface area is 213 Å². The number of nitrogens with one attached hydrogen (secondary N) is 2. The number of benzene rings is 2. The van der Waals surface area contributed by atoms with E-state index in [2.05, 4.69) is 15.6 Å². The van der Waals surface area contributed by atoms with Crippen LogP contribution in [0.25, 0.3) is 5.69 Å². The number of hydrogen-bond donors (Lipinski definition) is 3. The minimum Gasteiger partial charge on any atom is -0.493 e. The van der Waals surface area contributed by atoms with Crippen LogP contribution in [0.1, 0.15) is 16.8 Å². The molecular weight excluding hydrogens is 507 g/mol. The molecule has 0 aliphatic carbocycles. The molecule has 4 aromatic rings. The largest absolute Gasteiger partial charge is 0.493 e. The molecule has 3 N–H and O–H groups in total. The van der Waals surface area contributed by atoms with Crippen LogP contribution in [0.5, 0.6) is 5.88 Å². The zero-order valence-electron chi connectivity index (χ0n) is 19.5. The van der Waals surface area contributed by atoms with E-state index in [0.717, 1.165) is 10.1 Å². The van der Waals surface area contributed by atoms with Crippen LogP contribution in [-0.4, -0.2) is 30.8 Å². The van der Waals surface area contributed by atoms with Crippen LogP contribution >= 0.6 is 11.8 Å². The molecule has 192 valence electrons. The molecule has 2 aromatic heterocycles. The highest BCUT2D eigenvalue weighted by molar-refractivity contribution is 8.00. The van der Waals surface area contributed by atoms with Gasteiger partial charge in [0.2, 0.25) is 5.88 Å². The van der Waals surface area contributed by atoms with Crippen LogP contribution < -0.4 is 16.3 Å². The second-order valence-corrected chi connectivity index (χ2v) is 9.12. The van der Waals surface area contributed by atoms with E-state index in [-0.39, 0.29) is 40.5 Å². The Morgan fingerprint density at radius 3 is 2.46 bits per heavy atom. The summed E-state index contributed by atoms with van der Waals surface area (Å²) in [5.74, 6) is -0.342. The van der Waals surface area contributed by atoms with Crippen molar-refractivity contribution >= 4 is 23.5 Å². The number of carbonyl (C=O) groups excluding carboxylic acids is 1. The van der Waals surface area contributed by atoms with Gasteiger partial charge in [0.25, 0.3) is 0 Å². The summed E-state index contributed by atoms with van der Waals surface area (Å²) in [6, 6.07) is 15.7. The molecule has 4 rings (SSSR count). The highest BCUT2D eigenvalue weighted by Crippen LogP contribution is 2.37. The summed E-state index contributed by atoms with van der Waals surface area (Å²) in [4.78, 5) is 29.6. The first-order valence-electron chi connectivity index (χ1n) is 11.0. The fourth-order valence-electron chi connectivity index (χ4n) is 3.64. The van der Waals surface area contributed by atoms with Crippen LogP contribution in [0.15, 0.2) is 82.7 Å². The van der Waals surface area contributed by atoms with E-state index in [1.807, 2.05) is 30.3 Å². The van der Waals surface area contributed by atoms with Crippen molar-refractivity contribution in [3.05, 3.63) is 100 Å². The Kier molecular flexibility index (Phi) is 7.58. The van der Waals surface area contributed by atoms with E-state index in [1.54, 1.807) is 13.0 Å². The molecule has 8 nitrogen and oxygen atoms in total. The number of rotatable bonds is 7. The van der Waals surface area contributed by atoms with Crippen LogP contribution in [-0.2, 0) is 13.1 Å². The molecule has 0 spiro atoms. The van der Waals surface area contributed by atoms with E-state index < -0.39 is 17.2 Å². The van der Waals surface area contributed by atoms with Gasteiger partial charge in [-0.05, 0) is 60.1 Å². The van der Waals surface area contributed by atoms with E-state index in [4.69, 9.17) is 0 Å². The minimum atomic E-state index is -4.44. The topological polar surface area (TPSA) is 101 Å². The molecule has 0 fully saturated rings. The van der Waals surface area contributed by atoms with Gasteiger partial charge in [0.05, 0.1) is 29.8 Å². The van der Waals surface area contributed by atoms with Gasteiger partial charge in [-0.25, -0.2) is 14.2 Å². The number of thioether (sulfide) groups is 1. The first-order valence-corrected chi connectivity index (χ1v) is 11.8. The Morgan fingerprint density at radius 1 is 1.08 bits per heavy atom. The molecule has 0 atom stereocenters. The van der Waals surface area contributed by atoms with Gasteiger partial charge >= 0.3 is 17.2 Å². The van der Waals surface area contributed by atoms with Crippen molar-refractivity contribution in [1.29, 1.82) is 0 Å². The lowest BCUT2D eigenvalue weighted by molar-refractivity contribution is -0.0328. The van der Waals surface area contributed by atoms with Gasteiger partial charge in [0, 0.05) is 17.6 Å². The second kappa shape index (κ2) is 10.8. The van der Waals surface area contributed by atoms with E-state index >= 15 is 0 Å². The van der Waals surface area contributed by atoms with Crippen molar-refractivity contribution in [2.75, 3.05) is 5.32 Å². The summed E-state index contributed by atoms with van der Waals surface area (Å²) in [6.07, 6.45) is 2.96. The van der Waals surface area contributed by atoms with E-state index in [1.165, 1.54) is 41.2 Å². The second-order valence-electron chi connectivity index (χ2n) is 7.98. The maximum Gasteiger partial charge on any atom is 0.446 e. The number of aromatic nitrogens is 3. The molecule has 0 unspecified atom stereocenters. The normalized spacial score (nSPS) is 11.4. The highest BCUT2D eigenvalue weighted by Gasteiger charge is 2.29. The summed E-state index contributed by atoms with van der Waals surface area (Å²) >= 11 is -0.269. The lowest BCUT2D eigenvalue weighted by Gasteiger charge is -2.12. The zero-order valence-corrected chi connectivity index (χ0v) is 20.3. The average Bonchev–Trinajstić information content (AvgIpc) is 3.07. The van der Waals surface area contributed by atoms with Gasteiger partial charge in [-0.2, -0.15) is 13.2 Å².